The molecule has 2 amide bonds. The van der Waals surface area contributed by atoms with E-state index in [4.69, 9.17) is 0 Å². The highest BCUT2D eigenvalue weighted by molar-refractivity contribution is 7.98. The summed E-state index contributed by atoms with van der Waals surface area (Å²) >= 11 is 1.78. The molecule has 0 aliphatic carbocycles. The van der Waals surface area contributed by atoms with Crippen LogP contribution in [0.2, 0.25) is 0 Å². The monoisotopic (exact) mass is 350 g/mol. The number of thioether (sulfide) groups is 1. The number of carbonyl (C=O) groups is 2. The fourth-order valence-corrected chi connectivity index (χ4v) is 2.95. The Bertz CT molecular complexity index is 505. The second kappa shape index (κ2) is 11.1. The molecule has 24 heavy (non-hydrogen) atoms. The fraction of sp³-hybridized carbons (Fsp3) is 0.579. The fourth-order valence-electron chi connectivity index (χ4n) is 2.46. The number of hydrogen-bond donors (Lipinski definition) is 2. The SMILES string of the molecule is CCC(=O)NC(Cc1ccccc1)C(=O)NC(CCSC)C(C)C. The Morgan fingerprint density at radius 1 is 1.12 bits per heavy atom. The molecule has 5 heteroatoms. The van der Waals surface area contributed by atoms with Crippen molar-refractivity contribution >= 4 is 23.6 Å². The van der Waals surface area contributed by atoms with Crippen LogP contribution in [0.4, 0.5) is 0 Å². The van der Waals surface area contributed by atoms with Crippen molar-refractivity contribution in [3.05, 3.63) is 35.9 Å². The number of hydrogen-bond acceptors (Lipinski definition) is 3. The van der Waals surface area contributed by atoms with Crippen molar-refractivity contribution in [3.63, 3.8) is 0 Å². The van der Waals surface area contributed by atoms with Gasteiger partial charge in [-0.05, 0) is 29.9 Å². The molecule has 0 aliphatic rings. The normalized spacial score (nSPS) is 13.4. The number of nitrogens with one attached hydrogen (secondary N) is 2. The van der Waals surface area contributed by atoms with E-state index in [-0.39, 0.29) is 17.9 Å². The highest BCUT2D eigenvalue weighted by Crippen LogP contribution is 2.11. The zero-order chi connectivity index (χ0) is 17.9. The van der Waals surface area contributed by atoms with E-state index >= 15 is 0 Å². The quantitative estimate of drug-likeness (QED) is 0.682. The van der Waals surface area contributed by atoms with E-state index in [0.29, 0.717) is 18.8 Å². The van der Waals surface area contributed by atoms with Crippen LogP contribution in [0.3, 0.4) is 0 Å². The van der Waals surface area contributed by atoms with Crippen LogP contribution in [0.15, 0.2) is 30.3 Å². The largest absolute Gasteiger partial charge is 0.351 e. The zero-order valence-electron chi connectivity index (χ0n) is 15.2. The number of carbonyl (C=O) groups excluding carboxylic acids is 2. The second-order valence-electron chi connectivity index (χ2n) is 6.30. The highest BCUT2D eigenvalue weighted by atomic mass is 32.2. The lowest BCUT2D eigenvalue weighted by atomic mass is 10.00. The highest BCUT2D eigenvalue weighted by Gasteiger charge is 2.24. The molecule has 1 aromatic carbocycles. The maximum absolute atomic E-state index is 12.7. The molecule has 2 unspecified atom stereocenters. The minimum atomic E-state index is -0.532. The van der Waals surface area contributed by atoms with Gasteiger partial charge in [0.15, 0.2) is 0 Å². The van der Waals surface area contributed by atoms with Crippen LogP contribution in [0.5, 0.6) is 0 Å². The first-order valence-electron chi connectivity index (χ1n) is 8.60. The Balaban J connectivity index is 2.79. The van der Waals surface area contributed by atoms with E-state index in [9.17, 15) is 9.59 Å². The number of benzene rings is 1. The van der Waals surface area contributed by atoms with Crippen LogP contribution >= 0.6 is 11.8 Å². The number of amides is 2. The molecular weight excluding hydrogens is 320 g/mol. The molecule has 0 saturated carbocycles. The van der Waals surface area contributed by atoms with Crippen LogP contribution in [-0.4, -0.2) is 35.9 Å². The summed E-state index contributed by atoms with van der Waals surface area (Å²) in [4.78, 5) is 24.6. The third-order valence-electron chi connectivity index (χ3n) is 4.02. The molecule has 0 aromatic heterocycles. The first kappa shape index (κ1) is 20.6. The van der Waals surface area contributed by atoms with Gasteiger partial charge in [0.1, 0.15) is 6.04 Å². The van der Waals surface area contributed by atoms with Gasteiger partial charge < -0.3 is 10.6 Å². The van der Waals surface area contributed by atoms with Gasteiger partial charge in [0.05, 0.1) is 0 Å². The molecule has 2 N–H and O–H groups in total. The second-order valence-corrected chi connectivity index (χ2v) is 7.29. The smallest absolute Gasteiger partial charge is 0.243 e. The van der Waals surface area contributed by atoms with Crippen molar-refractivity contribution in [1.29, 1.82) is 0 Å². The molecule has 0 heterocycles. The first-order chi connectivity index (χ1) is 11.5. The predicted octanol–water partition coefficient (Wildman–Crippen LogP) is 3.02. The standard InChI is InChI=1S/C19H30N2O2S/c1-5-18(22)20-17(13-15-9-7-6-8-10-15)19(23)21-16(14(2)3)11-12-24-4/h6-10,14,16-17H,5,11-13H2,1-4H3,(H,20,22)(H,21,23). The molecule has 0 spiro atoms. The lowest BCUT2D eigenvalue weighted by Gasteiger charge is -2.26. The van der Waals surface area contributed by atoms with Gasteiger partial charge in [-0.3, -0.25) is 9.59 Å². The Morgan fingerprint density at radius 3 is 2.33 bits per heavy atom. The van der Waals surface area contributed by atoms with Crippen LogP contribution in [-0.2, 0) is 16.0 Å². The first-order valence-corrected chi connectivity index (χ1v) is 9.99. The summed E-state index contributed by atoms with van der Waals surface area (Å²) in [6, 6.07) is 9.39. The number of rotatable bonds is 10. The zero-order valence-corrected chi connectivity index (χ0v) is 16.0. The minimum absolute atomic E-state index is 0.0968. The average Bonchev–Trinajstić information content (AvgIpc) is 2.58. The minimum Gasteiger partial charge on any atom is -0.351 e. The van der Waals surface area contributed by atoms with Crippen LogP contribution < -0.4 is 10.6 Å². The molecule has 0 fully saturated rings. The van der Waals surface area contributed by atoms with Crippen molar-refractivity contribution in [2.45, 2.75) is 52.1 Å². The summed E-state index contributed by atoms with van der Waals surface area (Å²) in [6.45, 7) is 6.02. The average molecular weight is 351 g/mol. The van der Waals surface area contributed by atoms with Crippen molar-refractivity contribution in [1.82, 2.24) is 10.6 Å². The van der Waals surface area contributed by atoms with Crippen LogP contribution in [0.1, 0.15) is 39.2 Å². The Morgan fingerprint density at radius 2 is 1.79 bits per heavy atom. The molecule has 2 atom stereocenters. The molecular formula is C19H30N2O2S. The summed E-state index contributed by atoms with van der Waals surface area (Å²) in [7, 11) is 0. The summed E-state index contributed by atoms with van der Waals surface area (Å²) < 4.78 is 0. The van der Waals surface area contributed by atoms with Gasteiger partial charge in [0, 0.05) is 18.9 Å². The Hall–Kier alpha value is -1.49. The van der Waals surface area contributed by atoms with E-state index in [0.717, 1.165) is 17.7 Å². The summed E-state index contributed by atoms with van der Waals surface area (Å²) in [5.41, 5.74) is 1.04. The topological polar surface area (TPSA) is 58.2 Å². The van der Waals surface area contributed by atoms with Gasteiger partial charge in [-0.25, -0.2) is 0 Å². The van der Waals surface area contributed by atoms with Gasteiger partial charge in [-0.2, -0.15) is 11.8 Å². The van der Waals surface area contributed by atoms with Gasteiger partial charge in [0.2, 0.25) is 11.8 Å². The molecule has 4 nitrogen and oxygen atoms in total. The van der Waals surface area contributed by atoms with Crippen LogP contribution in [0, 0.1) is 5.92 Å². The molecule has 134 valence electrons. The molecule has 0 radical (unpaired) electrons. The lowest BCUT2D eigenvalue weighted by Crippen LogP contribution is -2.51. The summed E-state index contributed by atoms with van der Waals surface area (Å²) in [5, 5.41) is 5.99. The van der Waals surface area contributed by atoms with Crippen LogP contribution in [0.25, 0.3) is 0 Å². The van der Waals surface area contributed by atoms with Crippen molar-refractivity contribution in [3.8, 4) is 0 Å². The molecule has 1 rings (SSSR count). The maximum atomic E-state index is 12.7. The van der Waals surface area contributed by atoms with Gasteiger partial charge in [-0.15, -0.1) is 0 Å². The van der Waals surface area contributed by atoms with E-state index in [1.165, 1.54) is 0 Å². The Kier molecular flexibility index (Phi) is 9.53. The van der Waals surface area contributed by atoms with E-state index in [1.54, 1.807) is 18.7 Å². The third kappa shape index (κ3) is 7.39. The predicted molar refractivity (Wildman–Crippen MR) is 102 cm³/mol. The maximum Gasteiger partial charge on any atom is 0.243 e. The van der Waals surface area contributed by atoms with Gasteiger partial charge in [0.25, 0.3) is 0 Å². The molecule has 0 aliphatic heterocycles. The molecule has 1 aromatic rings. The lowest BCUT2D eigenvalue weighted by molar-refractivity contribution is -0.129. The van der Waals surface area contributed by atoms with Crippen molar-refractivity contribution in [2.24, 2.45) is 5.92 Å². The summed E-state index contributed by atoms with van der Waals surface area (Å²) in [5.74, 6) is 1.17. The molecule has 0 saturated heterocycles. The van der Waals surface area contributed by atoms with E-state index in [2.05, 4.69) is 30.7 Å². The third-order valence-corrected chi connectivity index (χ3v) is 4.66. The van der Waals surface area contributed by atoms with Crippen molar-refractivity contribution < 1.29 is 9.59 Å². The summed E-state index contributed by atoms with van der Waals surface area (Å²) in [6.07, 6.45) is 3.88. The van der Waals surface area contributed by atoms with Gasteiger partial charge in [-0.1, -0.05) is 51.1 Å². The Labute approximate surface area is 150 Å². The molecule has 0 bridgehead atoms. The van der Waals surface area contributed by atoms with Crippen molar-refractivity contribution in [2.75, 3.05) is 12.0 Å². The van der Waals surface area contributed by atoms with Gasteiger partial charge >= 0.3 is 0 Å². The van der Waals surface area contributed by atoms with E-state index in [1.807, 2.05) is 30.3 Å². The van der Waals surface area contributed by atoms with E-state index < -0.39 is 6.04 Å².